The number of aliphatic imine (C=N–C) groups is 1. The van der Waals surface area contributed by atoms with Crippen molar-refractivity contribution in [2.24, 2.45) is 4.99 Å². The summed E-state index contributed by atoms with van der Waals surface area (Å²) in [5.74, 6) is 0.865. The Kier molecular flexibility index (Phi) is 8.58. The summed E-state index contributed by atoms with van der Waals surface area (Å²) in [4.78, 5) is 6.77. The maximum Gasteiger partial charge on any atom is 0.191 e. The van der Waals surface area contributed by atoms with E-state index >= 15 is 0 Å². The van der Waals surface area contributed by atoms with E-state index in [9.17, 15) is 0 Å². The number of nitrogens with one attached hydrogen (secondary N) is 2. The minimum absolute atomic E-state index is 0.723. The van der Waals surface area contributed by atoms with Crippen LogP contribution in [0.1, 0.15) is 33.1 Å². The molecule has 0 radical (unpaired) electrons. The smallest absolute Gasteiger partial charge is 0.191 e. The van der Waals surface area contributed by atoms with Gasteiger partial charge in [-0.15, -0.1) is 0 Å². The molecule has 0 amide bonds. The normalized spacial score (nSPS) is 21.4. The van der Waals surface area contributed by atoms with Crippen molar-refractivity contribution < 1.29 is 4.74 Å². The second kappa shape index (κ2) is 10.0. The van der Waals surface area contributed by atoms with Crippen molar-refractivity contribution in [2.45, 2.75) is 39.2 Å². The third kappa shape index (κ3) is 6.78. The summed E-state index contributed by atoms with van der Waals surface area (Å²) in [6, 6.07) is 0.725. The van der Waals surface area contributed by atoms with Crippen LogP contribution >= 0.6 is 0 Å². The Bertz CT molecular complexity index is 258. The monoisotopic (exact) mass is 270 g/mol. The van der Waals surface area contributed by atoms with Crippen molar-refractivity contribution in [3.63, 3.8) is 0 Å². The quantitative estimate of drug-likeness (QED) is 0.413. The lowest BCUT2D eigenvalue weighted by atomic mass is 10.0. The Morgan fingerprint density at radius 3 is 2.79 bits per heavy atom. The number of hydrogen-bond donors (Lipinski definition) is 2. The zero-order valence-electron chi connectivity index (χ0n) is 12.7. The van der Waals surface area contributed by atoms with Gasteiger partial charge in [0, 0.05) is 39.3 Å². The molecule has 2 N–H and O–H groups in total. The van der Waals surface area contributed by atoms with Crippen molar-refractivity contribution in [3.05, 3.63) is 0 Å². The molecular weight excluding hydrogens is 240 g/mol. The highest BCUT2D eigenvalue weighted by Gasteiger charge is 2.17. The van der Waals surface area contributed by atoms with Crippen LogP contribution in [0, 0.1) is 0 Å². The zero-order valence-corrected chi connectivity index (χ0v) is 12.7. The number of piperidine rings is 1. The fraction of sp³-hybridized carbons (Fsp3) is 0.929. The van der Waals surface area contributed by atoms with Crippen LogP contribution < -0.4 is 10.6 Å². The van der Waals surface area contributed by atoms with Crippen molar-refractivity contribution in [3.8, 4) is 0 Å². The molecular formula is C14H30N4O. The summed E-state index contributed by atoms with van der Waals surface area (Å²) in [5.41, 5.74) is 0. The molecule has 0 bridgehead atoms. The third-order valence-corrected chi connectivity index (χ3v) is 3.60. The molecule has 5 heteroatoms. The zero-order chi connectivity index (χ0) is 13.9. The SMILES string of the molecule is CCOCCNC(=NC)NCCN1CCCCC1C. The number of nitrogens with zero attached hydrogens (tertiary/aromatic N) is 2. The lowest BCUT2D eigenvalue weighted by Gasteiger charge is -2.33. The number of ether oxygens (including phenoxy) is 1. The lowest BCUT2D eigenvalue weighted by molar-refractivity contribution is 0.152. The van der Waals surface area contributed by atoms with Gasteiger partial charge in [0.05, 0.1) is 6.61 Å². The van der Waals surface area contributed by atoms with Crippen LogP contribution in [0.4, 0.5) is 0 Å². The molecule has 1 aliphatic rings. The van der Waals surface area contributed by atoms with Crippen molar-refractivity contribution in [2.75, 3.05) is 46.4 Å². The standard InChI is InChI=1S/C14H30N4O/c1-4-19-12-9-17-14(15-3)16-8-11-18-10-6-5-7-13(18)2/h13H,4-12H2,1-3H3,(H2,15,16,17). The number of likely N-dealkylation sites (tertiary alicyclic amines) is 1. The van der Waals surface area contributed by atoms with Gasteiger partial charge >= 0.3 is 0 Å². The highest BCUT2D eigenvalue weighted by atomic mass is 16.5. The Hall–Kier alpha value is -0.810. The number of guanidine groups is 1. The van der Waals surface area contributed by atoms with Gasteiger partial charge in [-0.25, -0.2) is 0 Å². The van der Waals surface area contributed by atoms with Gasteiger partial charge in [0.15, 0.2) is 5.96 Å². The Morgan fingerprint density at radius 1 is 1.32 bits per heavy atom. The summed E-state index contributed by atoms with van der Waals surface area (Å²) in [7, 11) is 1.81. The molecule has 1 atom stereocenters. The number of rotatable bonds is 7. The molecule has 0 aromatic heterocycles. The van der Waals surface area contributed by atoms with E-state index in [1.807, 2.05) is 6.92 Å². The van der Waals surface area contributed by atoms with Gasteiger partial charge in [0.2, 0.25) is 0 Å². The van der Waals surface area contributed by atoms with Gasteiger partial charge in [-0.2, -0.15) is 0 Å². The van der Waals surface area contributed by atoms with Crippen LogP contribution in [-0.2, 0) is 4.74 Å². The van der Waals surface area contributed by atoms with E-state index in [4.69, 9.17) is 4.74 Å². The Labute approximate surface area is 117 Å². The van der Waals surface area contributed by atoms with E-state index in [1.54, 1.807) is 7.05 Å². The molecule has 0 spiro atoms. The van der Waals surface area contributed by atoms with E-state index in [0.29, 0.717) is 0 Å². The highest BCUT2D eigenvalue weighted by molar-refractivity contribution is 5.79. The Balaban J connectivity index is 2.11. The fourth-order valence-corrected chi connectivity index (χ4v) is 2.41. The van der Waals surface area contributed by atoms with Crippen LogP contribution in [-0.4, -0.2) is 63.3 Å². The first-order valence-corrected chi connectivity index (χ1v) is 7.54. The average molecular weight is 270 g/mol. The average Bonchev–Trinajstić information content (AvgIpc) is 2.43. The highest BCUT2D eigenvalue weighted by Crippen LogP contribution is 2.15. The maximum absolute atomic E-state index is 5.29. The predicted octanol–water partition coefficient (Wildman–Crippen LogP) is 1.06. The van der Waals surface area contributed by atoms with Gasteiger partial charge in [-0.3, -0.25) is 9.89 Å². The molecule has 1 fully saturated rings. The summed E-state index contributed by atoms with van der Waals surface area (Å²) in [6.45, 7) is 9.89. The first-order valence-electron chi connectivity index (χ1n) is 7.54. The maximum atomic E-state index is 5.29. The minimum Gasteiger partial charge on any atom is -0.380 e. The van der Waals surface area contributed by atoms with Gasteiger partial charge in [-0.05, 0) is 33.2 Å². The van der Waals surface area contributed by atoms with Crippen LogP contribution in [0.2, 0.25) is 0 Å². The van der Waals surface area contributed by atoms with E-state index in [0.717, 1.165) is 44.8 Å². The largest absolute Gasteiger partial charge is 0.380 e. The fourth-order valence-electron chi connectivity index (χ4n) is 2.41. The van der Waals surface area contributed by atoms with Crippen LogP contribution in [0.3, 0.4) is 0 Å². The second-order valence-electron chi connectivity index (χ2n) is 5.00. The minimum atomic E-state index is 0.723. The van der Waals surface area contributed by atoms with Crippen LogP contribution in [0.15, 0.2) is 4.99 Å². The molecule has 112 valence electrons. The molecule has 0 saturated carbocycles. The molecule has 1 rings (SSSR count). The van der Waals surface area contributed by atoms with Gasteiger partial charge < -0.3 is 15.4 Å². The molecule has 1 unspecified atom stereocenters. The van der Waals surface area contributed by atoms with E-state index in [1.165, 1.54) is 25.8 Å². The topological polar surface area (TPSA) is 48.9 Å². The van der Waals surface area contributed by atoms with Gasteiger partial charge in [0.1, 0.15) is 0 Å². The molecule has 1 aliphatic heterocycles. The first-order chi connectivity index (χ1) is 9.27. The van der Waals surface area contributed by atoms with Gasteiger partial charge in [0.25, 0.3) is 0 Å². The second-order valence-corrected chi connectivity index (χ2v) is 5.00. The van der Waals surface area contributed by atoms with Crippen molar-refractivity contribution in [1.82, 2.24) is 15.5 Å². The third-order valence-electron chi connectivity index (χ3n) is 3.60. The van der Waals surface area contributed by atoms with Gasteiger partial charge in [-0.1, -0.05) is 6.42 Å². The predicted molar refractivity (Wildman–Crippen MR) is 80.7 cm³/mol. The van der Waals surface area contributed by atoms with Crippen molar-refractivity contribution >= 4 is 5.96 Å². The summed E-state index contributed by atoms with van der Waals surface area (Å²) >= 11 is 0. The van der Waals surface area contributed by atoms with Crippen molar-refractivity contribution in [1.29, 1.82) is 0 Å². The lowest BCUT2D eigenvalue weighted by Crippen LogP contribution is -2.45. The van der Waals surface area contributed by atoms with E-state index in [2.05, 4.69) is 27.4 Å². The molecule has 0 aromatic rings. The van der Waals surface area contributed by atoms with E-state index < -0.39 is 0 Å². The molecule has 1 saturated heterocycles. The summed E-state index contributed by atoms with van der Waals surface area (Å²) in [5, 5.41) is 6.60. The molecule has 0 aromatic carbocycles. The van der Waals surface area contributed by atoms with E-state index in [-0.39, 0.29) is 0 Å². The summed E-state index contributed by atoms with van der Waals surface area (Å²) < 4.78 is 5.29. The van der Waals surface area contributed by atoms with Crippen LogP contribution in [0.5, 0.6) is 0 Å². The molecule has 19 heavy (non-hydrogen) atoms. The number of hydrogen-bond acceptors (Lipinski definition) is 3. The molecule has 5 nitrogen and oxygen atoms in total. The first kappa shape index (κ1) is 16.2. The molecule has 1 heterocycles. The summed E-state index contributed by atoms with van der Waals surface area (Å²) in [6.07, 6.45) is 4.05. The Morgan fingerprint density at radius 2 is 2.11 bits per heavy atom. The van der Waals surface area contributed by atoms with Crippen LogP contribution in [0.25, 0.3) is 0 Å². The molecule has 0 aliphatic carbocycles.